The number of likely N-dealkylation sites (tertiary alicyclic amines) is 1. The van der Waals surface area contributed by atoms with E-state index in [0.29, 0.717) is 25.3 Å². The van der Waals surface area contributed by atoms with E-state index in [-0.39, 0.29) is 12.0 Å². The zero-order valence-electron chi connectivity index (χ0n) is 13.0. The number of amides is 1. The van der Waals surface area contributed by atoms with Gasteiger partial charge in [-0.2, -0.15) is 5.10 Å². The minimum Gasteiger partial charge on any atom is -0.377 e. The molecule has 0 saturated carbocycles. The maximum Gasteiger partial charge on any atom is 0.257 e. The minimum atomic E-state index is 0.0656. The maximum absolute atomic E-state index is 12.6. The van der Waals surface area contributed by atoms with Gasteiger partial charge in [0.05, 0.1) is 17.9 Å². The summed E-state index contributed by atoms with van der Waals surface area (Å²) in [5.74, 6) is 0.0656. The van der Waals surface area contributed by atoms with E-state index in [1.54, 1.807) is 6.20 Å². The van der Waals surface area contributed by atoms with E-state index >= 15 is 0 Å². The second-order valence-electron chi connectivity index (χ2n) is 5.48. The van der Waals surface area contributed by atoms with Crippen LogP contribution >= 0.6 is 0 Å². The van der Waals surface area contributed by atoms with Gasteiger partial charge in [0.15, 0.2) is 0 Å². The molecule has 6 heteroatoms. The topological polar surface area (TPSA) is 73.4 Å². The number of nitrogens with zero attached hydrogens (tertiary/aromatic N) is 3. The highest BCUT2D eigenvalue weighted by atomic mass is 16.5. The van der Waals surface area contributed by atoms with Gasteiger partial charge in [-0.15, -0.1) is 0 Å². The van der Waals surface area contributed by atoms with Crippen molar-refractivity contribution >= 4 is 5.91 Å². The Labute approximate surface area is 126 Å². The van der Waals surface area contributed by atoms with Crippen LogP contribution in [-0.2, 0) is 11.3 Å². The summed E-state index contributed by atoms with van der Waals surface area (Å²) in [6.07, 6.45) is 4.74. The van der Waals surface area contributed by atoms with Gasteiger partial charge in [-0.25, -0.2) is 0 Å². The smallest absolute Gasteiger partial charge is 0.257 e. The number of ether oxygens (including phenoxy) is 1. The van der Waals surface area contributed by atoms with Crippen molar-refractivity contribution < 1.29 is 9.53 Å². The van der Waals surface area contributed by atoms with Gasteiger partial charge < -0.3 is 15.4 Å². The molecular formula is C15H26N4O2. The predicted molar refractivity (Wildman–Crippen MR) is 81.2 cm³/mol. The van der Waals surface area contributed by atoms with Crippen molar-refractivity contribution in [2.45, 2.75) is 45.8 Å². The molecule has 1 unspecified atom stereocenters. The molecule has 2 rings (SSSR count). The lowest BCUT2D eigenvalue weighted by atomic mass is 10.1. The van der Waals surface area contributed by atoms with Gasteiger partial charge in [-0.05, 0) is 39.7 Å². The number of hydrogen-bond acceptors (Lipinski definition) is 4. The van der Waals surface area contributed by atoms with Crippen LogP contribution < -0.4 is 5.73 Å². The lowest BCUT2D eigenvalue weighted by Crippen LogP contribution is -2.43. The molecular weight excluding hydrogens is 268 g/mol. The number of rotatable bonds is 6. The predicted octanol–water partition coefficient (Wildman–Crippen LogP) is 1.18. The zero-order valence-corrected chi connectivity index (χ0v) is 13.0. The molecule has 1 aromatic heterocycles. The van der Waals surface area contributed by atoms with Gasteiger partial charge in [0.1, 0.15) is 0 Å². The number of piperidine rings is 1. The second kappa shape index (κ2) is 7.56. The number of nitrogens with two attached hydrogens (primary N) is 1. The fraction of sp³-hybridized carbons (Fsp3) is 0.733. The molecule has 0 radical (unpaired) electrons. The van der Waals surface area contributed by atoms with Gasteiger partial charge in [0.2, 0.25) is 0 Å². The molecule has 1 amide bonds. The Bertz CT molecular complexity index is 470. The van der Waals surface area contributed by atoms with E-state index in [1.807, 2.05) is 23.4 Å². The van der Waals surface area contributed by atoms with Crippen molar-refractivity contribution in [2.24, 2.45) is 5.73 Å². The standard InChI is InChI=1S/C15H26N4O2/c1-3-21-13-6-4-8-18(11-13)15(20)14-10-17-19(12(14)2)9-5-7-16/h10,13H,3-9,11,16H2,1-2H3. The molecule has 0 aliphatic carbocycles. The Kier molecular flexibility index (Phi) is 5.76. The van der Waals surface area contributed by atoms with E-state index in [0.717, 1.165) is 38.0 Å². The molecule has 118 valence electrons. The monoisotopic (exact) mass is 294 g/mol. The number of aromatic nitrogens is 2. The van der Waals surface area contributed by atoms with Gasteiger partial charge in [-0.3, -0.25) is 9.48 Å². The van der Waals surface area contributed by atoms with Crippen LogP contribution in [0, 0.1) is 6.92 Å². The summed E-state index contributed by atoms with van der Waals surface area (Å²) in [5.41, 5.74) is 7.14. The molecule has 6 nitrogen and oxygen atoms in total. The molecule has 1 aliphatic heterocycles. The Morgan fingerprint density at radius 3 is 3.10 bits per heavy atom. The van der Waals surface area contributed by atoms with Crippen molar-refractivity contribution in [1.82, 2.24) is 14.7 Å². The molecule has 1 fully saturated rings. The summed E-state index contributed by atoms with van der Waals surface area (Å²) in [4.78, 5) is 14.5. The first-order valence-electron chi connectivity index (χ1n) is 7.80. The van der Waals surface area contributed by atoms with E-state index in [2.05, 4.69) is 5.10 Å². The van der Waals surface area contributed by atoms with Crippen molar-refractivity contribution in [3.8, 4) is 0 Å². The number of carbonyl (C=O) groups excluding carboxylic acids is 1. The Balaban J connectivity index is 2.04. The average Bonchev–Trinajstić information content (AvgIpc) is 2.86. The van der Waals surface area contributed by atoms with Crippen LogP contribution in [0.5, 0.6) is 0 Å². The van der Waals surface area contributed by atoms with Crippen LogP contribution in [0.25, 0.3) is 0 Å². The van der Waals surface area contributed by atoms with Crippen molar-refractivity contribution in [1.29, 1.82) is 0 Å². The molecule has 1 saturated heterocycles. The Hall–Kier alpha value is -1.40. The molecule has 21 heavy (non-hydrogen) atoms. The zero-order chi connectivity index (χ0) is 15.2. The summed E-state index contributed by atoms with van der Waals surface area (Å²) >= 11 is 0. The van der Waals surface area contributed by atoms with Gasteiger partial charge in [0.25, 0.3) is 5.91 Å². The highest BCUT2D eigenvalue weighted by Crippen LogP contribution is 2.18. The minimum absolute atomic E-state index is 0.0656. The molecule has 1 aliphatic rings. The third kappa shape index (κ3) is 3.83. The van der Waals surface area contributed by atoms with Gasteiger partial charge >= 0.3 is 0 Å². The molecule has 0 aromatic carbocycles. The normalized spacial score (nSPS) is 19.0. The van der Waals surface area contributed by atoms with Crippen LogP contribution in [-0.4, -0.2) is 52.9 Å². The van der Waals surface area contributed by atoms with Gasteiger partial charge in [0, 0.05) is 31.9 Å². The van der Waals surface area contributed by atoms with E-state index in [9.17, 15) is 4.79 Å². The third-order valence-electron chi connectivity index (χ3n) is 3.98. The number of hydrogen-bond donors (Lipinski definition) is 1. The second-order valence-corrected chi connectivity index (χ2v) is 5.48. The summed E-state index contributed by atoms with van der Waals surface area (Å²) in [5, 5.41) is 4.31. The van der Waals surface area contributed by atoms with Crippen molar-refractivity contribution in [2.75, 3.05) is 26.2 Å². The molecule has 0 spiro atoms. The van der Waals surface area contributed by atoms with Crippen LogP contribution in [0.2, 0.25) is 0 Å². The highest BCUT2D eigenvalue weighted by molar-refractivity contribution is 5.95. The quantitative estimate of drug-likeness (QED) is 0.855. The fourth-order valence-electron chi connectivity index (χ4n) is 2.79. The van der Waals surface area contributed by atoms with E-state index in [4.69, 9.17) is 10.5 Å². The SMILES string of the molecule is CCOC1CCCN(C(=O)c2cnn(CCCN)c2C)C1. The fourth-order valence-corrected chi connectivity index (χ4v) is 2.79. The van der Waals surface area contributed by atoms with E-state index in [1.165, 1.54) is 0 Å². The molecule has 1 atom stereocenters. The lowest BCUT2D eigenvalue weighted by molar-refractivity contribution is 0.00721. The molecule has 1 aromatic rings. The summed E-state index contributed by atoms with van der Waals surface area (Å²) < 4.78 is 7.52. The first-order valence-corrected chi connectivity index (χ1v) is 7.80. The first kappa shape index (κ1) is 16.0. The highest BCUT2D eigenvalue weighted by Gasteiger charge is 2.26. The van der Waals surface area contributed by atoms with Crippen molar-refractivity contribution in [3.63, 3.8) is 0 Å². The summed E-state index contributed by atoms with van der Waals surface area (Å²) in [6.45, 7) is 7.51. The molecule has 2 N–H and O–H groups in total. The first-order chi connectivity index (χ1) is 10.2. The lowest BCUT2D eigenvalue weighted by Gasteiger charge is -2.32. The Morgan fingerprint density at radius 2 is 2.38 bits per heavy atom. The van der Waals surface area contributed by atoms with E-state index < -0.39 is 0 Å². The number of aryl methyl sites for hydroxylation is 1. The van der Waals surface area contributed by atoms with Crippen LogP contribution in [0.3, 0.4) is 0 Å². The average molecular weight is 294 g/mol. The molecule has 0 bridgehead atoms. The van der Waals surface area contributed by atoms with Crippen LogP contribution in [0.4, 0.5) is 0 Å². The number of carbonyl (C=O) groups is 1. The van der Waals surface area contributed by atoms with Crippen LogP contribution in [0.1, 0.15) is 42.2 Å². The van der Waals surface area contributed by atoms with Crippen molar-refractivity contribution in [3.05, 3.63) is 17.5 Å². The maximum atomic E-state index is 12.6. The van der Waals surface area contributed by atoms with Gasteiger partial charge in [-0.1, -0.05) is 0 Å². The largest absolute Gasteiger partial charge is 0.377 e. The summed E-state index contributed by atoms with van der Waals surface area (Å²) in [7, 11) is 0. The van der Waals surface area contributed by atoms with Crippen LogP contribution in [0.15, 0.2) is 6.20 Å². The Morgan fingerprint density at radius 1 is 1.57 bits per heavy atom. The molecule has 2 heterocycles. The summed E-state index contributed by atoms with van der Waals surface area (Å²) in [6, 6.07) is 0. The third-order valence-corrected chi connectivity index (χ3v) is 3.98.